The van der Waals surface area contributed by atoms with Crippen molar-refractivity contribution in [1.82, 2.24) is 5.32 Å². The van der Waals surface area contributed by atoms with Crippen molar-refractivity contribution in [2.24, 2.45) is 0 Å². The summed E-state index contributed by atoms with van der Waals surface area (Å²) < 4.78 is 10.8. The normalized spacial score (nSPS) is 22.2. The van der Waals surface area contributed by atoms with Gasteiger partial charge in [0.2, 0.25) is 0 Å². The van der Waals surface area contributed by atoms with Gasteiger partial charge in [-0.3, -0.25) is 4.79 Å². The summed E-state index contributed by atoms with van der Waals surface area (Å²) in [6.45, 7) is 1.10. The third kappa shape index (κ3) is 3.47. The molecule has 3 rings (SSSR count). The fraction of sp³-hybridized carbons (Fsp3) is 0.533. The molecule has 1 atom stereocenters. The van der Waals surface area contributed by atoms with Crippen molar-refractivity contribution < 1.29 is 14.3 Å². The van der Waals surface area contributed by atoms with Gasteiger partial charge in [0.15, 0.2) is 6.10 Å². The molecule has 1 aliphatic heterocycles. The van der Waals surface area contributed by atoms with Crippen LogP contribution in [-0.4, -0.2) is 24.7 Å². The molecule has 4 heteroatoms. The Balaban J connectivity index is 1.48. The van der Waals surface area contributed by atoms with Gasteiger partial charge in [0.1, 0.15) is 5.75 Å². The molecular weight excluding hydrogens is 242 g/mol. The number of nitrogens with one attached hydrogen (secondary N) is 1. The molecule has 1 saturated heterocycles. The molecule has 2 fully saturated rings. The molecular formula is C15H19NO3. The molecule has 1 aliphatic carbocycles. The molecule has 1 N–H and O–H groups in total. The van der Waals surface area contributed by atoms with Crippen molar-refractivity contribution in [1.29, 1.82) is 0 Å². The van der Waals surface area contributed by atoms with Gasteiger partial charge in [-0.2, -0.15) is 0 Å². The molecule has 1 heterocycles. The fourth-order valence-corrected chi connectivity index (χ4v) is 2.39. The van der Waals surface area contributed by atoms with E-state index in [0.717, 1.165) is 11.3 Å². The lowest BCUT2D eigenvalue weighted by Gasteiger charge is -2.13. The van der Waals surface area contributed by atoms with Crippen molar-refractivity contribution in [3.05, 3.63) is 29.8 Å². The molecule has 0 spiro atoms. The van der Waals surface area contributed by atoms with E-state index in [2.05, 4.69) is 5.32 Å². The van der Waals surface area contributed by atoms with E-state index in [-0.39, 0.29) is 12.0 Å². The Bertz CT molecular complexity index is 433. The second kappa shape index (κ2) is 5.61. The molecule has 102 valence electrons. The van der Waals surface area contributed by atoms with Gasteiger partial charge in [-0.1, -0.05) is 12.1 Å². The number of hydrogen-bond acceptors (Lipinski definition) is 3. The molecule has 4 nitrogen and oxygen atoms in total. The SMILES string of the molecule is O=C(NCc1ccc(OC2CCCC2)cc1)C1CO1. The van der Waals surface area contributed by atoms with Gasteiger partial charge in [-0.05, 0) is 43.4 Å². The van der Waals surface area contributed by atoms with Gasteiger partial charge in [0, 0.05) is 6.54 Å². The Morgan fingerprint density at radius 3 is 2.58 bits per heavy atom. The average Bonchev–Trinajstić information content (AvgIpc) is 3.17. The van der Waals surface area contributed by atoms with Crippen LogP contribution in [0, 0.1) is 0 Å². The number of hydrogen-bond donors (Lipinski definition) is 1. The number of carbonyl (C=O) groups excluding carboxylic acids is 1. The minimum absolute atomic E-state index is 0.0220. The van der Waals surface area contributed by atoms with Crippen molar-refractivity contribution in [3.8, 4) is 5.75 Å². The van der Waals surface area contributed by atoms with E-state index in [4.69, 9.17) is 9.47 Å². The number of benzene rings is 1. The van der Waals surface area contributed by atoms with Crippen LogP contribution in [0.4, 0.5) is 0 Å². The first kappa shape index (κ1) is 12.5. The summed E-state index contributed by atoms with van der Waals surface area (Å²) in [6.07, 6.45) is 5.05. The highest BCUT2D eigenvalue weighted by molar-refractivity contribution is 5.82. The smallest absolute Gasteiger partial charge is 0.251 e. The minimum Gasteiger partial charge on any atom is -0.490 e. The first-order valence-corrected chi connectivity index (χ1v) is 6.96. The molecule has 2 aliphatic rings. The topological polar surface area (TPSA) is 50.9 Å². The first-order chi connectivity index (χ1) is 9.31. The highest BCUT2D eigenvalue weighted by atomic mass is 16.6. The molecule has 19 heavy (non-hydrogen) atoms. The summed E-state index contributed by atoms with van der Waals surface area (Å²) >= 11 is 0. The molecule has 0 aromatic heterocycles. The Morgan fingerprint density at radius 2 is 1.95 bits per heavy atom. The number of ether oxygens (including phenoxy) is 2. The minimum atomic E-state index is -0.218. The van der Waals surface area contributed by atoms with Crippen molar-refractivity contribution >= 4 is 5.91 Å². The maximum atomic E-state index is 11.4. The summed E-state index contributed by atoms with van der Waals surface area (Å²) in [6, 6.07) is 7.96. The van der Waals surface area contributed by atoms with Gasteiger partial charge in [0.25, 0.3) is 5.91 Å². The van der Waals surface area contributed by atoms with Gasteiger partial charge in [-0.15, -0.1) is 0 Å². The Morgan fingerprint density at radius 1 is 1.26 bits per heavy atom. The average molecular weight is 261 g/mol. The number of amides is 1. The summed E-state index contributed by atoms with van der Waals surface area (Å²) in [4.78, 5) is 11.4. The van der Waals surface area contributed by atoms with Crippen LogP contribution in [0.2, 0.25) is 0 Å². The van der Waals surface area contributed by atoms with Crippen LogP contribution < -0.4 is 10.1 Å². The number of epoxide rings is 1. The van der Waals surface area contributed by atoms with Crippen LogP contribution in [-0.2, 0) is 16.1 Å². The van der Waals surface area contributed by atoms with Gasteiger partial charge in [-0.25, -0.2) is 0 Å². The summed E-state index contributed by atoms with van der Waals surface area (Å²) in [5.74, 6) is 0.902. The number of rotatable bonds is 5. The van der Waals surface area contributed by atoms with Gasteiger partial charge >= 0.3 is 0 Å². The molecule has 1 saturated carbocycles. The zero-order valence-corrected chi connectivity index (χ0v) is 10.9. The van der Waals surface area contributed by atoms with Crippen LogP contribution in [0.25, 0.3) is 0 Å². The lowest BCUT2D eigenvalue weighted by atomic mass is 10.2. The number of carbonyl (C=O) groups is 1. The lowest BCUT2D eigenvalue weighted by Crippen LogP contribution is -2.27. The van der Waals surface area contributed by atoms with E-state index in [1.807, 2.05) is 24.3 Å². The maximum absolute atomic E-state index is 11.4. The summed E-state index contributed by atoms with van der Waals surface area (Å²) in [5, 5.41) is 2.85. The van der Waals surface area contributed by atoms with Crippen molar-refractivity contribution in [2.75, 3.05) is 6.61 Å². The van der Waals surface area contributed by atoms with E-state index in [1.165, 1.54) is 25.7 Å². The van der Waals surface area contributed by atoms with E-state index >= 15 is 0 Å². The van der Waals surface area contributed by atoms with Crippen LogP contribution in [0.5, 0.6) is 5.75 Å². The Labute approximate surface area is 113 Å². The molecule has 1 amide bonds. The van der Waals surface area contributed by atoms with Crippen LogP contribution in [0.3, 0.4) is 0 Å². The van der Waals surface area contributed by atoms with Crippen LogP contribution in [0.15, 0.2) is 24.3 Å². The van der Waals surface area contributed by atoms with Gasteiger partial charge in [0.05, 0.1) is 12.7 Å². The zero-order chi connectivity index (χ0) is 13.1. The van der Waals surface area contributed by atoms with E-state index < -0.39 is 0 Å². The maximum Gasteiger partial charge on any atom is 0.251 e. The highest BCUT2D eigenvalue weighted by Gasteiger charge is 2.30. The predicted octanol–water partition coefficient (Wildman–Crippen LogP) is 2.02. The fourth-order valence-electron chi connectivity index (χ4n) is 2.39. The molecule has 1 unspecified atom stereocenters. The third-order valence-corrected chi connectivity index (χ3v) is 3.62. The monoisotopic (exact) mass is 261 g/mol. The third-order valence-electron chi connectivity index (χ3n) is 3.62. The largest absolute Gasteiger partial charge is 0.490 e. The molecule has 0 radical (unpaired) electrons. The van der Waals surface area contributed by atoms with Crippen molar-refractivity contribution in [2.45, 2.75) is 44.4 Å². The second-order valence-corrected chi connectivity index (χ2v) is 5.21. The Kier molecular flexibility index (Phi) is 3.69. The van der Waals surface area contributed by atoms with Gasteiger partial charge < -0.3 is 14.8 Å². The lowest BCUT2D eigenvalue weighted by molar-refractivity contribution is -0.122. The molecule has 1 aromatic carbocycles. The van der Waals surface area contributed by atoms with Crippen molar-refractivity contribution in [3.63, 3.8) is 0 Å². The zero-order valence-electron chi connectivity index (χ0n) is 10.9. The van der Waals surface area contributed by atoms with E-state index in [1.54, 1.807) is 0 Å². The summed E-state index contributed by atoms with van der Waals surface area (Å²) in [7, 11) is 0. The predicted molar refractivity (Wildman–Crippen MR) is 70.9 cm³/mol. The molecule has 0 bridgehead atoms. The molecule has 1 aromatic rings. The first-order valence-electron chi connectivity index (χ1n) is 6.96. The Hall–Kier alpha value is -1.55. The van der Waals surface area contributed by atoms with E-state index in [0.29, 0.717) is 19.3 Å². The van der Waals surface area contributed by atoms with E-state index in [9.17, 15) is 4.79 Å². The van der Waals surface area contributed by atoms with Crippen LogP contribution in [0.1, 0.15) is 31.2 Å². The summed E-state index contributed by atoms with van der Waals surface area (Å²) in [5.41, 5.74) is 1.08. The second-order valence-electron chi connectivity index (χ2n) is 5.21. The van der Waals surface area contributed by atoms with Crippen LogP contribution >= 0.6 is 0 Å². The highest BCUT2D eigenvalue weighted by Crippen LogP contribution is 2.24. The quantitative estimate of drug-likeness (QED) is 0.825. The standard InChI is InChI=1S/C15H19NO3/c17-15(14-10-18-14)16-9-11-5-7-13(8-6-11)19-12-3-1-2-4-12/h5-8,12,14H,1-4,9-10H2,(H,16,17).